The highest BCUT2D eigenvalue weighted by atomic mass is 127. The number of anilines is 1. The zero-order valence-electron chi connectivity index (χ0n) is 16.6. The van der Waals surface area contributed by atoms with E-state index in [1.165, 1.54) is 18.2 Å². The Morgan fingerprint density at radius 2 is 1.96 bits per heavy atom. The van der Waals surface area contributed by atoms with E-state index in [0.717, 1.165) is 6.42 Å². The number of nitrogens with zero attached hydrogens (tertiary/aromatic N) is 2. The van der Waals surface area contributed by atoms with Gasteiger partial charge in [0.05, 0.1) is 6.54 Å². The van der Waals surface area contributed by atoms with Crippen LogP contribution in [0.3, 0.4) is 0 Å². The van der Waals surface area contributed by atoms with Crippen molar-refractivity contribution in [3.05, 3.63) is 29.8 Å². The SMILES string of the molecule is CCNC(=NCCNC(=O)C(C)C)NC1CCN(c2c(F)cccc2F)C1.I. The number of guanidine groups is 1. The smallest absolute Gasteiger partial charge is 0.222 e. The fourth-order valence-electron chi connectivity index (χ4n) is 2.94. The Morgan fingerprint density at radius 3 is 2.57 bits per heavy atom. The molecule has 0 aliphatic carbocycles. The Balaban J connectivity index is 0.00000392. The molecule has 2 rings (SSSR count). The van der Waals surface area contributed by atoms with Crippen molar-refractivity contribution in [1.29, 1.82) is 0 Å². The summed E-state index contributed by atoms with van der Waals surface area (Å²) >= 11 is 0. The van der Waals surface area contributed by atoms with Crippen molar-refractivity contribution in [2.24, 2.45) is 10.9 Å². The van der Waals surface area contributed by atoms with Crippen LogP contribution < -0.4 is 20.9 Å². The molecule has 1 fully saturated rings. The first-order valence-electron chi connectivity index (χ1n) is 9.43. The standard InChI is InChI=1S/C19H29F2N5O.HI/c1-4-22-19(24-10-9-23-18(27)13(2)3)25-14-8-11-26(12-14)17-15(20)6-5-7-16(17)21;/h5-7,13-14H,4,8-12H2,1-3H3,(H,23,27)(H2,22,24,25);1H. The van der Waals surface area contributed by atoms with Gasteiger partial charge in [0.2, 0.25) is 5.91 Å². The summed E-state index contributed by atoms with van der Waals surface area (Å²) in [7, 11) is 0. The summed E-state index contributed by atoms with van der Waals surface area (Å²) in [6.45, 7) is 8.32. The molecule has 0 saturated carbocycles. The number of halogens is 3. The molecule has 0 spiro atoms. The Morgan fingerprint density at radius 1 is 1.29 bits per heavy atom. The molecule has 1 unspecified atom stereocenters. The van der Waals surface area contributed by atoms with E-state index < -0.39 is 11.6 Å². The van der Waals surface area contributed by atoms with Crippen LogP contribution in [0.15, 0.2) is 23.2 Å². The number of nitrogens with one attached hydrogen (secondary N) is 3. The third kappa shape index (κ3) is 7.06. The quantitative estimate of drug-likeness (QED) is 0.229. The van der Waals surface area contributed by atoms with Crippen LogP contribution >= 0.6 is 24.0 Å². The van der Waals surface area contributed by atoms with Gasteiger partial charge >= 0.3 is 0 Å². The summed E-state index contributed by atoms with van der Waals surface area (Å²) in [5.41, 5.74) is 0.0279. The van der Waals surface area contributed by atoms with Gasteiger partial charge in [0.15, 0.2) is 5.96 Å². The number of hydrogen-bond acceptors (Lipinski definition) is 3. The first-order valence-corrected chi connectivity index (χ1v) is 9.43. The van der Waals surface area contributed by atoms with Crippen LogP contribution in [0.4, 0.5) is 14.5 Å². The van der Waals surface area contributed by atoms with Crippen molar-refractivity contribution in [2.75, 3.05) is 37.6 Å². The second kappa shape index (κ2) is 12.0. The van der Waals surface area contributed by atoms with Crippen LogP contribution in [0, 0.1) is 17.6 Å². The van der Waals surface area contributed by atoms with Gasteiger partial charge in [-0.05, 0) is 25.5 Å². The van der Waals surface area contributed by atoms with Crippen LogP contribution in [0.25, 0.3) is 0 Å². The van der Waals surface area contributed by atoms with Gasteiger partial charge in [0.1, 0.15) is 17.3 Å². The summed E-state index contributed by atoms with van der Waals surface area (Å²) in [5, 5.41) is 9.28. The van der Waals surface area contributed by atoms with Gasteiger partial charge in [0, 0.05) is 38.1 Å². The lowest BCUT2D eigenvalue weighted by atomic mass is 10.2. The maximum absolute atomic E-state index is 14.0. The van der Waals surface area contributed by atoms with E-state index in [4.69, 9.17) is 0 Å². The number of carbonyl (C=O) groups is 1. The summed E-state index contributed by atoms with van der Waals surface area (Å²) in [6, 6.07) is 3.95. The molecule has 1 aliphatic heterocycles. The molecule has 28 heavy (non-hydrogen) atoms. The maximum Gasteiger partial charge on any atom is 0.222 e. The Hall–Kier alpha value is -1.65. The van der Waals surface area contributed by atoms with E-state index >= 15 is 0 Å². The number of amides is 1. The van der Waals surface area contributed by atoms with Gasteiger partial charge < -0.3 is 20.9 Å². The van der Waals surface area contributed by atoms with E-state index in [2.05, 4.69) is 20.9 Å². The minimum Gasteiger partial charge on any atom is -0.365 e. The number of para-hydroxylation sites is 1. The number of rotatable bonds is 7. The molecule has 0 radical (unpaired) electrons. The molecule has 0 bridgehead atoms. The second-order valence-electron chi connectivity index (χ2n) is 6.85. The monoisotopic (exact) mass is 509 g/mol. The molecular formula is C19H30F2IN5O. The first kappa shape index (κ1) is 24.4. The van der Waals surface area contributed by atoms with Crippen LogP contribution in [-0.4, -0.2) is 50.6 Å². The predicted molar refractivity (Wildman–Crippen MR) is 119 cm³/mol. The Labute approximate surface area is 182 Å². The van der Waals surface area contributed by atoms with Gasteiger partial charge in [-0.15, -0.1) is 24.0 Å². The van der Waals surface area contributed by atoms with Gasteiger partial charge in [-0.1, -0.05) is 19.9 Å². The third-order valence-corrected chi connectivity index (χ3v) is 4.33. The lowest BCUT2D eigenvalue weighted by Gasteiger charge is -2.21. The van der Waals surface area contributed by atoms with Gasteiger partial charge in [-0.3, -0.25) is 9.79 Å². The Kier molecular flexibility index (Phi) is 10.5. The normalized spacial score (nSPS) is 16.7. The largest absolute Gasteiger partial charge is 0.365 e. The van der Waals surface area contributed by atoms with E-state index in [1.54, 1.807) is 4.90 Å². The lowest BCUT2D eigenvalue weighted by molar-refractivity contribution is -0.123. The maximum atomic E-state index is 14.0. The van der Waals surface area contributed by atoms with E-state index in [-0.39, 0.29) is 47.5 Å². The molecule has 1 atom stereocenters. The van der Waals surface area contributed by atoms with Crippen LogP contribution in [-0.2, 0) is 4.79 Å². The fourth-order valence-corrected chi connectivity index (χ4v) is 2.94. The zero-order chi connectivity index (χ0) is 19.8. The van der Waals surface area contributed by atoms with Crippen molar-refractivity contribution in [3.8, 4) is 0 Å². The highest BCUT2D eigenvalue weighted by Gasteiger charge is 2.27. The molecule has 1 amide bonds. The summed E-state index contributed by atoms with van der Waals surface area (Å²) < 4.78 is 27.9. The topological polar surface area (TPSA) is 68.8 Å². The molecule has 6 nitrogen and oxygen atoms in total. The highest BCUT2D eigenvalue weighted by molar-refractivity contribution is 14.0. The molecule has 1 aromatic carbocycles. The predicted octanol–water partition coefficient (Wildman–Crippen LogP) is 2.49. The molecule has 1 aliphatic rings. The number of aliphatic imine (C=N–C) groups is 1. The second-order valence-corrected chi connectivity index (χ2v) is 6.85. The third-order valence-electron chi connectivity index (χ3n) is 4.33. The van der Waals surface area contributed by atoms with E-state index in [1.807, 2.05) is 20.8 Å². The van der Waals surface area contributed by atoms with Crippen molar-refractivity contribution in [1.82, 2.24) is 16.0 Å². The molecule has 0 aromatic heterocycles. The zero-order valence-corrected chi connectivity index (χ0v) is 18.9. The van der Waals surface area contributed by atoms with Crippen LogP contribution in [0.2, 0.25) is 0 Å². The number of hydrogen-bond donors (Lipinski definition) is 3. The summed E-state index contributed by atoms with van der Waals surface area (Å²) in [5.74, 6) is -0.503. The number of carbonyl (C=O) groups excluding carboxylic acids is 1. The molecule has 9 heteroatoms. The average Bonchev–Trinajstić information content (AvgIpc) is 3.06. The highest BCUT2D eigenvalue weighted by Crippen LogP contribution is 2.26. The molecule has 3 N–H and O–H groups in total. The van der Waals surface area contributed by atoms with Gasteiger partial charge in [-0.25, -0.2) is 8.78 Å². The van der Waals surface area contributed by atoms with E-state index in [0.29, 0.717) is 38.7 Å². The van der Waals surface area contributed by atoms with E-state index in [9.17, 15) is 13.6 Å². The van der Waals surface area contributed by atoms with Crippen molar-refractivity contribution in [3.63, 3.8) is 0 Å². The van der Waals surface area contributed by atoms with Crippen molar-refractivity contribution < 1.29 is 13.6 Å². The first-order chi connectivity index (χ1) is 12.9. The molecule has 1 aromatic rings. The molecule has 1 heterocycles. The lowest BCUT2D eigenvalue weighted by Crippen LogP contribution is -2.45. The summed E-state index contributed by atoms with van der Waals surface area (Å²) in [6.07, 6.45) is 0.752. The average molecular weight is 509 g/mol. The minimum absolute atomic E-state index is 0. The van der Waals surface area contributed by atoms with Crippen molar-refractivity contribution >= 4 is 41.5 Å². The fraction of sp³-hybridized carbons (Fsp3) is 0.579. The summed E-state index contributed by atoms with van der Waals surface area (Å²) in [4.78, 5) is 17.7. The molecular weight excluding hydrogens is 479 g/mol. The van der Waals surface area contributed by atoms with Gasteiger partial charge in [0.25, 0.3) is 0 Å². The van der Waals surface area contributed by atoms with Crippen molar-refractivity contribution in [2.45, 2.75) is 33.2 Å². The Bertz CT molecular complexity index is 651. The minimum atomic E-state index is -0.544. The van der Waals surface area contributed by atoms with Crippen LogP contribution in [0.1, 0.15) is 27.2 Å². The van der Waals surface area contributed by atoms with Gasteiger partial charge in [-0.2, -0.15) is 0 Å². The van der Waals surface area contributed by atoms with Crippen LogP contribution in [0.5, 0.6) is 0 Å². The molecule has 1 saturated heterocycles. The number of benzene rings is 1. The molecule has 158 valence electrons.